The Balaban J connectivity index is 1.93. The highest BCUT2D eigenvalue weighted by Crippen LogP contribution is 2.19. The fourth-order valence-electron chi connectivity index (χ4n) is 2.51. The van der Waals surface area contributed by atoms with E-state index in [2.05, 4.69) is 26.0 Å². The molecule has 0 saturated carbocycles. The molecule has 0 aromatic heterocycles. The van der Waals surface area contributed by atoms with Gasteiger partial charge in [-0.2, -0.15) is 0 Å². The molecule has 0 bridgehead atoms. The highest BCUT2D eigenvalue weighted by Gasteiger charge is 2.17. The SMILES string of the molecule is Cc1cc(Br)cc(S(=O)(=O)NCCC2CCCNC2)c1. The van der Waals surface area contributed by atoms with Gasteiger partial charge in [0.25, 0.3) is 0 Å². The number of hydrogen-bond acceptors (Lipinski definition) is 3. The minimum absolute atomic E-state index is 0.325. The van der Waals surface area contributed by atoms with Crippen molar-refractivity contribution in [3.05, 3.63) is 28.2 Å². The summed E-state index contributed by atoms with van der Waals surface area (Å²) in [6.45, 7) is 4.47. The molecule has 2 N–H and O–H groups in total. The molecule has 1 aliphatic rings. The number of piperidine rings is 1. The van der Waals surface area contributed by atoms with Gasteiger partial charge < -0.3 is 5.32 Å². The fraction of sp³-hybridized carbons (Fsp3) is 0.571. The molecular weight excluding hydrogens is 340 g/mol. The maximum Gasteiger partial charge on any atom is 0.240 e. The Hall–Kier alpha value is -0.430. The predicted octanol–water partition coefficient (Wildman–Crippen LogP) is 2.43. The molecule has 20 heavy (non-hydrogen) atoms. The van der Waals surface area contributed by atoms with E-state index in [4.69, 9.17) is 0 Å². The minimum atomic E-state index is -3.41. The lowest BCUT2D eigenvalue weighted by Crippen LogP contribution is -2.33. The summed E-state index contributed by atoms with van der Waals surface area (Å²) in [5.74, 6) is 0.579. The molecule has 4 nitrogen and oxygen atoms in total. The molecule has 1 aromatic rings. The lowest BCUT2D eigenvalue weighted by molar-refractivity contribution is 0.358. The first kappa shape index (κ1) is 15.9. The third-order valence-electron chi connectivity index (χ3n) is 3.57. The van der Waals surface area contributed by atoms with Gasteiger partial charge in [-0.15, -0.1) is 0 Å². The minimum Gasteiger partial charge on any atom is -0.316 e. The molecule has 0 aliphatic carbocycles. The van der Waals surface area contributed by atoms with Crippen molar-refractivity contribution >= 4 is 26.0 Å². The van der Waals surface area contributed by atoms with Crippen molar-refractivity contribution in [1.82, 2.24) is 10.0 Å². The first-order chi connectivity index (χ1) is 9.47. The van der Waals surface area contributed by atoms with Crippen LogP contribution in [0.2, 0.25) is 0 Å². The van der Waals surface area contributed by atoms with Gasteiger partial charge in [-0.25, -0.2) is 13.1 Å². The number of aryl methyl sites for hydroxylation is 1. The first-order valence-corrected chi connectivity index (χ1v) is 9.22. The highest BCUT2D eigenvalue weighted by atomic mass is 79.9. The third kappa shape index (κ3) is 4.55. The summed E-state index contributed by atoms with van der Waals surface area (Å²) in [5, 5.41) is 3.35. The van der Waals surface area contributed by atoms with Crippen molar-refractivity contribution in [1.29, 1.82) is 0 Å². The third-order valence-corrected chi connectivity index (χ3v) is 5.47. The molecule has 2 rings (SSSR count). The van der Waals surface area contributed by atoms with E-state index in [0.717, 1.165) is 29.5 Å². The van der Waals surface area contributed by atoms with E-state index in [9.17, 15) is 8.42 Å². The Bertz CT molecular complexity index is 534. The first-order valence-electron chi connectivity index (χ1n) is 6.95. The molecule has 1 aromatic carbocycles. The van der Waals surface area contributed by atoms with E-state index in [-0.39, 0.29) is 0 Å². The van der Waals surface area contributed by atoms with Crippen LogP contribution in [0.3, 0.4) is 0 Å². The molecule has 1 atom stereocenters. The van der Waals surface area contributed by atoms with Crippen LogP contribution in [0, 0.1) is 12.8 Å². The second-order valence-corrected chi connectivity index (χ2v) is 8.05. The number of hydrogen-bond donors (Lipinski definition) is 2. The van der Waals surface area contributed by atoms with Crippen LogP contribution in [0.25, 0.3) is 0 Å². The van der Waals surface area contributed by atoms with Crippen LogP contribution in [0.15, 0.2) is 27.6 Å². The van der Waals surface area contributed by atoms with Crippen LogP contribution in [0.1, 0.15) is 24.8 Å². The van der Waals surface area contributed by atoms with Crippen molar-refractivity contribution in [2.45, 2.75) is 31.1 Å². The predicted molar refractivity (Wildman–Crippen MR) is 84.3 cm³/mol. The van der Waals surface area contributed by atoms with Gasteiger partial charge in [0.15, 0.2) is 0 Å². The highest BCUT2D eigenvalue weighted by molar-refractivity contribution is 9.10. The van der Waals surface area contributed by atoms with Gasteiger partial charge in [0, 0.05) is 11.0 Å². The van der Waals surface area contributed by atoms with Crippen molar-refractivity contribution in [3.63, 3.8) is 0 Å². The molecule has 0 spiro atoms. The summed E-state index contributed by atoms with van der Waals surface area (Å²) < 4.78 is 27.9. The largest absolute Gasteiger partial charge is 0.316 e. The van der Waals surface area contributed by atoms with Crippen LogP contribution in [0.4, 0.5) is 0 Å². The standard InChI is InChI=1S/C14H21BrN2O2S/c1-11-7-13(15)9-14(8-11)20(18,19)17-6-4-12-3-2-5-16-10-12/h7-9,12,16-17H,2-6,10H2,1H3. The monoisotopic (exact) mass is 360 g/mol. The van der Waals surface area contributed by atoms with E-state index in [1.165, 1.54) is 12.8 Å². The van der Waals surface area contributed by atoms with Gasteiger partial charge in [-0.05, 0) is 69.0 Å². The van der Waals surface area contributed by atoms with Crippen molar-refractivity contribution in [3.8, 4) is 0 Å². The summed E-state index contributed by atoms with van der Waals surface area (Å²) in [7, 11) is -3.41. The summed E-state index contributed by atoms with van der Waals surface area (Å²) in [4.78, 5) is 0.325. The molecule has 0 radical (unpaired) electrons. The van der Waals surface area contributed by atoms with Gasteiger partial charge in [-0.3, -0.25) is 0 Å². The summed E-state index contributed by atoms with van der Waals surface area (Å²) in [6, 6.07) is 5.22. The molecule has 1 unspecified atom stereocenters. The summed E-state index contributed by atoms with van der Waals surface area (Å²) in [6.07, 6.45) is 3.26. The van der Waals surface area contributed by atoms with Gasteiger partial charge >= 0.3 is 0 Å². The topological polar surface area (TPSA) is 58.2 Å². The number of halogens is 1. The number of benzene rings is 1. The fourth-order valence-corrected chi connectivity index (χ4v) is 4.44. The average molecular weight is 361 g/mol. The van der Waals surface area contributed by atoms with Crippen LogP contribution in [-0.2, 0) is 10.0 Å². The molecule has 1 fully saturated rings. The van der Waals surface area contributed by atoms with Gasteiger partial charge in [0.05, 0.1) is 4.90 Å². The van der Waals surface area contributed by atoms with Crippen LogP contribution in [-0.4, -0.2) is 28.1 Å². The van der Waals surface area contributed by atoms with E-state index in [0.29, 0.717) is 17.4 Å². The second kappa shape index (κ2) is 7.02. The Kier molecular flexibility index (Phi) is 5.60. The molecule has 1 aliphatic heterocycles. The zero-order valence-corrected chi connectivity index (χ0v) is 14.1. The lowest BCUT2D eigenvalue weighted by Gasteiger charge is -2.22. The molecule has 1 saturated heterocycles. The second-order valence-electron chi connectivity index (χ2n) is 5.36. The average Bonchev–Trinajstić information content (AvgIpc) is 2.38. The van der Waals surface area contributed by atoms with Crippen molar-refractivity contribution in [2.24, 2.45) is 5.92 Å². The summed E-state index contributed by atoms with van der Waals surface area (Å²) >= 11 is 3.34. The van der Waals surface area contributed by atoms with E-state index < -0.39 is 10.0 Å². The Morgan fingerprint density at radius 2 is 2.20 bits per heavy atom. The van der Waals surface area contributed by atoms with Gasteiger partial charge in [0.2, 0.25) is 10.0 Å². The van der Waals surface area contributed by atoms with Gasteiger partial charge in [-0.1, -0.05) is 15.9 Å². The van der Waals surface area contributed by atoms with Gasteiger partial charge in [0.1, 0.15) is 0 Å². The Morgan fingerprint density at radius 3 is 2.85 bits per heavy atom. The quantitative estimate of drug-likeness (QED) is 0.847. The van der Waals surface area contributed by atoms with E-state index >= 15 is 0 Å². The Morgan fingerprint density at radius 1 is 1.40 bits per heavy atom. The van der Waals surface area contributed by atoms with Crippen LogP contribution >= 0.6 is 15.9 Å². The van der Waals surface area contributed by atoms with Crippen molar-refractivity contribution < 1.29 is 8.42 Å². The number of sulfonamides is 1. The van der Waals surface area contributed by atoms with E-state index in [1.54, 1.807) is 12.1 Å². The molecule has 0 amide bonds. The number of rotatable bonds is 5. The molecule has 6 heteroatoms. The zero-order valence-electron chi connectivity index (χ0n) is 11.7. The molecule has 1 heterocycles. The number of nitrogens with one attached hydrogen (secondary N) is 2. The normalized spacial score (nSPS) is 20.0. The van der Waals surface area contributed by atoms with Crippen LogP contribution < -0.4 is 10.0 Å². The van der Waals surface area contributed by atoms with Crippen molar-refractivity contribution in [2.75, 3.05) is 19.6 Å². The lowest BCUT2D eigenvalue weighted by atomic mass is 9.96. The summed E-state index contributed by atoms with van der Waals surface area (Å²) in [5.41, 5.74) is 0.927. The smallest absolute Gasteiger partial charge is 0.240 e. The molecule has 112 valence electrons. The van der Waals surface area contributed by atoms with E-state index in [1.807, 2.05) is 13.0 Å². The Labute approximate surface area is 129 Å². The maximum absolute atomic E-state index is 12.2. The molecular formula is C14H21BrN2O2S. The zero-order chi connectivity index (χ0) is 14.6. The maximum atomic E-state index is 12.2. The van der Waals surface area contributed by atoms with Crippen LogP contribution in [0.5, 0.6) is 0 Å².